The zero-order valence-electron chi connectivity index (χ0n) is 41.4. The van der Waals surface area contributed by atoms with Crippen molar-refractivity contribution in [1.29, 1.82) is 0 Å². The molecule has 17 heteroatoms. The quantitative estimate of drug-likeness (QED) is 0.0406. The van der Waals surface area contributed by atoms with E-state index in [9.17, 15) is 24.0 Å². The van der Waals surface area contributed by atoms with E-state index < -0.39 is 35.0 Å². The average molecular weight is 940 g/mol. The monoisotopic (exact) mass is 940 g/mol. The first-order valence-corrected chi connectivity index (χ1v) is 23.8. The van der Waals surface area contributed by atoms with E-state index in [-0.39, 0.29) is 56.9 Å². The van der Waals surface area contributed by atoms with Crippen LogP contribution in [0, 0.1) is 0 Å². The van der Waals surface area contributed by atoms with E-state index >= 15 is 0 Å². The summed E-state index contributed by atoms with van der Waals surface area (Å²) >= 11 is 0. The van der Waals surface area contributed by atoms with Crippen molar-refractivity contribution in [2.24, 2.45) is 0 Å². The van der Waals surface area contributed by atoms with Crippen LogP contribution in [0.4, 0.5) is 0 Å². The van der Waals surface area contributed by atoms with E-state index in [2.05, 4.69) is 63.5 Å². The maximum atomic E-state index is 13.1. The Kier molecular flexibility index (Phi) is 21.5. The summed E-state index contributed by atoms with van der Waals surface area (Å²) in [6.07, 6.45) is 4.76. The van der Waals surface area contributed by atoms with Crippen molar-refractivity contribution in [3.63, 3.8) is 0 Å². The third kappa shape index (κ3) is 20.7. The van der Waals surface area contributed by atoms with Gasteiger partial charge in [0.2, 0.25) is 23.6 Å². The molecule has 0 aliphatic carbocycles. The second kappa shape index (κ2) is 26.9. The van der Waals surface area contributed by atoms with Gasteiger partial charge in [-0.15, -0.1) is 5.10 Å². The number of nitrogens with one attached hydrogen (secondary N) is 3. The zero-order valence-corrected chi connectivity index (χ0v) is 41.4. The van der Waals surface area contributed by atoms with Crippen LogP contribution >= 0.6 is 0 Å². The number of carbonyl (C=O) groups excluding carboxylic acids is 5. The third-order valence-corrected chi connectivity index (χ3v) is 10.5. The SMILES string of the molecule is CC(C)(C)OC(=O)CCNCC(=O)N(CCC(=O)OC(C)(C)C)CC(=O)NCCCNC(=O)CCCCn1nnnc1C(C)(C)CCCCOc1cc(-c2ccccc2)cc(-c2ccccc2)n1. The molecule has 0 saturated heterocycles. The topological polar surface area (TPSA) is 209 Å². The van der Waals surface area contributed by atoms with Crippen LogP contribution in [0.25, 0.3) is 22.4 Å². The number of rotatable bonds is 28. The molecular formula is C51H73N9O8. The van der Waals surface area contributed by atoms with Gasteiger partial charge in [0.05, 0.1) is 38.2 Å². The predicted octanol–water partition coefficient (Wildman–Crippen LogP) is 6.60. The van der Waals surface area contributed by atoms with E-state index in [0.29, 0.717) is 51.3 Å². The van der Waals surface area contributed by atoms with Crippen LogP contribution < -0.4 is 20.7 Å². The molecule has 370 valence electrons. The molecule has 0 unspecified atom stereocenters. The first kappa shape index (κ1) is 54.4. The van der Waals surface area contributed by atoms with Crippen molar-refractivity contribution >= 4 is 29.7 Å². The van der Waals surface area contributed by atoms with Crippen molar-refractivity contribution < 1.29 is 38.2 Å². The molecule has 0 radical (unpaired) electrons. The largest absolute Gasteiger partial charge is 0.478 e. The van der Waals surface area contributed by atoms with E-state index in [1.165, 1.54) is 4.90 Å². The zero-order chi connectivity index (χ0) is 49.6. The van der Waals surface area contributed by atoms with Gasteiger partial charge < -0.3 is 35.1 Å². The summed E-state index contributed by atoms with van der Waals surface area (Å²) in [5.74, 6) is -0.390. The van der Waals surface area contributed by atoms with Gasteiger partial charge in [-0.1, -0.05) is 74.5 Å². The van der Waals surface area contributed by atoms with Gasteiger partial charge in [0.15, 0.2) is 5.82 Å². The predicted molar refractivity (Wildman–Crippen MR) is 260 cm³/mol. The Morgan fingerprint density at radius 1 is 0.662 bits per heavy atom. The minimum atomic E-state index is -0.690. The van der Waals surface area contributed by atoms with Crippen molar-refractivity contribution in [2.45, 2.75) is 136 Å². The number of pyridine rings is 1. The van der Waals surface area contributed by atoms with Crippen LogP contribution in [0.2, 0.25) is 0 Å². The second-order valence-corrected chi connectivity index (χ2v) is 19.4. The van der Waals surface area contributed by atoms with Crippen LogP contribution in [-0.2, 0) is 45.4 Å². The highest BCUT2D eigenvalue weighted by atomic mass is 16.6. The number of nitrogens with zero attached hydrogens (tertiary/aromatic N) is 6. The summed E-state index contributed by atoms with van der Waals surface area (Å²) < 4.78 is 18.7. The highest BCUT2D eigenvalue weighted by molar-refractivity contribution is 5.86. The first-order chi connectivity index (χ1) is 32.3. The van der Waals surface area contributed by atoms with Gasteiger partial charge in [-0.2, -0.15) is 0 Å². The Labute approximate surface area is 401 Å². The molecule has 4 aromatic rings. The smallest absolute Gasteiger partial charge is 0.308 e. The van der Waals surface area contributed by atoms with E-state index in [4.69, 9.17) is 19.2 Å². The number of carbonyl (C=O) groups is 5. The van der Waals surface area contributed by atoms with Gasteiger partial charge in [0.25, 0.3) is 0 Å². The fraction of sp³-hybridized carbons (Fsp3) is 0.549. The highest BCUT2D eigenvalue weighted by Crippen LogP contribution is 2.30. The first-order valence-electron chi connectivity index (χ1n) is 23.8. The molecule has 17 nitrogen and oxygen atoms in total. The number of unbranched alkanes of at least 4 members (excludes halogenated alkanes) is 2. The van der Waals surface area contributed by atoms with E-state index in [0.717, 1.165) is 47.5 Å². The Hall–Kier alpha value is -6.23. The molecule has 0 spiro atoms. The molecule has 4 rings (SSSR count). The average Bonchev–Trinajstić information content (AvgIpc) is 3.77. The number of hydrogen-bond donors (Lipinski definition) is 3. The van der Waals surface area contributed by atoms with Gasteiger partial charge in [-0.05, 0) is 108 Å². The van der Waals surface area contributed by atoms with Gasteiger partial charge in [-0.25, -0.2) is 9.67 Å². The molecule has 0 atom stereocenters. The lowest BCUT2D eigenvalue weighted by Crippen LogP contribution is -2.45. The Morgan fingerprint density at radius 3 is 1.96 bits per heavy atom. The van der Waals surface area contributed by atoms with Gasteiger partial charge in [0, 0.05) is 56.2 Å². The van der Waals surface area contributed by atoms with Crippen LogP contribution in [-0.4, -0.2) is 117 Å². The molecule has 0 fully saturated rings. The number of benzene rings is 2. The van der Waals surface area contributed by atoms with Crippen molar-refractivity contribution in [2.75, 3.05) is 45.9 Å². The van der Waals surface area contributed by atoms with Gasteiger partial charge in [0.1, 0.15) is 11.2 Å². The standard InChI is InChI=1S/C51H73N9O8/c1-49(2,3)67-46(64)25-30-52-36-45(63)59(32-26-47(65)68-50(4,5)6)37-43(62)54-29-19-28-53-42(61)24-15-17-31-60-48(56-57-58-60)51(7,8)27-16-18-33-66-44-35-40(38-20-11-9-12-21-38)34-41(55-44)39-22-13-10-14-23-39/h9-14,20-23,34-35,52H,15-19,24-33,36-37H2,1-8H3,(H,53,61)(H,54,62). The number of ether oxygens (including phenoxy) is 3. The number of hydrogen-bond acceptors (Lipinski definition) is 13. The molecule has 3 amide bonds. The maximum Gasteiger partial charge on any atom is 0.308 e. The number of aryl methyl sites for hydroxylation is 1. The Balaban J connectivity index is 1.12. The lowest BCUT2D eigenvalue weighted by atomic mass is 9.86. The molecule has 2 heterocycles. The third-order valence-electron chi connectivity index (χ3n) is 10.5. The molecule has 68 heavy (non-hydrogen) atoms. The molecular weight excluding hydrogens is 867 g/mol. The summed E-state index contributed by atoms with van der Waals surface area (Å²) in [6.45, 7) is 16.4. The summed E-state index contributed by atoms with van der Waals surface area (Å²) in [7, 11) is 0. The number of aromatic nitrogens is 5. The summed E-state index contributed by atoms with van der Waals surface area (Å²) in [5.41, 5.74) is 2.46. The Bertz CT molecular complexity index is 2140. The number of tetrazole rings is 1. The van der Waals surface area contributed by atoms with Gasteiger partial charge >= 0.3 is 11.9 Å². The molecule has 3 N–H and O–H groups in total. The molecule has 0 aliphatic heterocycles. The number of esters is 2. The van der Waals surface area contributed by atoms with Crippen LogP contribution in [0.3, 0.4) is 0 Å². The maximum absolute atomic E-state index is 13.1. The van der Waals surface area contributed by atoms with Crippen LogP contribution in [0.1, 0.15) is 119 Å². The van der Waals surface area contributed by atoms with Crippen molar-refractivity contribution in [3.05, 3.63) is 78.6 Å². The lowest BCUT2D eigenvalue weighted by Gasteiger charge is -2.24. The molecule has 0 aliphatic rings. The van der Waals surface area contributed by atoms with Crippen LogP contribution in [0.15, 0.2) is 72.8 Å². The molecule has 2 aromatic heterocycles. The fourth-order valence-electron chi connectivity index (χ4n) is 7.14. The minimum absolute atomic E-state index is 0.0187. The summed E-state index contributed by atoms with van der Waals surface area (Å²) in [5, 5.41) is 21.2. The number of amides is 3. The molecule has 0 saturated carbocycles. The highest BCUT2D eigenvalue weighted by Gasteiger charge is 2.27. The van der Waals surface area contributed by atoms with Gasteiger partial charge in [-0.3, -0.25) is 24.0 Å². The molecule has 2 aromatic carbocycles. The second-order valence-electron chi connectivity index (χ2n) is 19.4. The van der Waals surface area contributed by atoms with Crippen molar-refractivity contribution in [3.8, 4) is 28.3 Å². The fourth-order valence-corrected chi connectivity index (χ4v) is 7.14. The molecule has 0 bridgehead atoms. The van der Waals surface area contributed by atoms with E-state index in [1.807, 2.05) is 59.3 Å². The van der Waals surface area contributed by atoms with E-state index in [1.54, 1.807) is 41.5 Å². The lowest BCUT2D eigenvalue weighted by molar-refractivity contribution is -0.156. The van der Waals surface area contributed by atoms with Crippen molar-refractivity contribution in [1.82, 2.24) is 46.0 Å². The minimum Gasteiger partial charge on any atom is -0.478 e. The Morgan fingerprint density at radius 2 is 1.29 bits per heavy atom. The summed E-state index contributed by atoms with van der Waals surface area (Å²) in [4.78, 5) is 69.0. The summed E-state index contributed by atoms with van der Waals surface area (Å²) in [6, 6.07) is 24.4. The normalized spacial score (nSPS) is 11.7. The van der Waals surface area contributed by atoms with Crippen LogP contribution in [0.5, 0.6) is 5.88 Å².